The van der Waals surface area contributed by atoms with Crippen molar-refractivity contribution in [2.24, 2.45) is 5.73 Å². The van der Waals surface area contributed by atoms with Gasteiger partial charge >= 0.3 is 0 Å². The van der Waals surface area contributed by atoms with Crippen LogP contribution in [0, 0.1) is 6.92 Å². The number of halogens is 1. The fourth-order valence-corrected chi connectivity index (χ4v) is 2.40. The van der Waals surface area contributed by atoms with Crippen LogP contribution in [0.3, 0.4) is 0 Å². The third-order valence-electron chi connectivity index (χ3n) is 3.35. The average Bonchev–Trinajstić information content (AvgIpc) is 2.61. The molecule has 0 bridgehead atoms. The van der Waals surface area contributed by atoms with E-state index < -0.39 is 5.67 Å². The maximum atomic E-state index is 14.3. The molecule has 2 N–H and O–H groups in total. The molecule has 1 aromatic heterocycles. The molecule has 2 aromatic rings. The Bertz CT molecular complexity index is 540. The smallest absolute Gasteiger partial charge is 0.171 e. The monoisotopic (exact) mass is 219 g/mol. The van der Waals surface area contributed by atoms with Crippen molar-refractivity contribution >= 4 is 11.0 Å². The number of furan rings is 1. The zero-order chi connectivity index (χ0) is 11.3. The summed E-state index contributed by atoms with van der Waals surface area (Å²) in [6.07, 6.45) is 0.734. The van der Waals surface area contributed by atoms with Gasteiger partial charge in [0.1, 0.15) is 11.3 Å². The van der Waals surface area contributed by atoms with E-state index in [1.54, 1.807) is 6.07 Å². The van der Waals surface area contributed by atoms with Crippen LogP contribution in [-0.2, 0) is 5.67 Å². The summed E-state index contributed by atoms with van der Waals surface area (Å²) in [6, 6.07) is 7.63. The summed E-state index contributed by atoms with van der Waals surface area (Å²) in [5, 5.41) is 0.965. The fraction of sp³-hybridized carbons (Fsp3) is 0.385. The van der Waals surface area contributed by atoms with E-state index in [1.807, 2.05) is 25.1 Å². The van der Waals surface area contributed by atoms with Crippen molar-refractivity contribution in [3.63, 3.8) is 0 Å². The van der Waals surface area contributed by atoms with Crippen molar-refractivity contribution in [3.8, 4) is 0 Å². The maximum absolute atomic E-state index is 14.3. The van der Waals surface area contributed by atoms with Gasteiger partial charge in [0.15, 0.2) is 5.67 Å². The molecule has 0 aliphatic heterocycles. The van der Waals surface area contributed by atoms with Gasteiger partial charge in [-0.15, -0.1) is 0 Å². The molecule has 1 fully saturated rings. The van der Waals surface area contributed by atoms with E-state index in [4.69, 9.17) is 10.2 Å². The van der Waals surface area contributed by atoms with Crippen LogP contribution in [0.5, 0.6) is 0 Å². The normalized spacial score (nSPS) is 29.3. The first-order valence-corrected chi connectivity index (χ1v) is 5.53. The summed E-state index contributed by atoms with van der Waals surface area (Å²) in [7, 11) is 0. The SMILES string of the molecule is Cc1cccc2cc(C3(F)CC(N)C3)oc12. The highest BCUT2D eigenvalue weighted by molar-refractivity contribution is 5.81. The molecule has 2 nitrogen and oxygen atoms in total. The van der Waals surface area contributed by atoms with Crippen LogP contribution in [0.1, 0.15) is 24.2 Å². The van der Waals surface area contributed by atoms with Crippen LogP contribution in [0.2, 0.25) is 0 Å². The molecule has 1 heterocycles. The Labute approximate surface area is 93.2 Å². The number of benzene rings is 1. The van der Waals surface area contributed by atoms with Gasteiger partial charge in [0, 0.05) is 24.3 Å². The largest absolute Gasteiger partial charge is 0.457 e. The summed E-state index contributed by atoms with van der Waals surface area (Å²) < 4.78 is 19.9. The minimum absolute atomic E-state index is 0.0284. The van der Waals surface area contributed by atoms with Crippen LogP contribution in [-0.4, -0.2) is 6.04 Å². The van der Waals surface area contributed by atoms with Crippen molar-refractivity contribution in [1.29, 1.82) is 0 Å². The molecule has 0 saturated heterocycles. The molecule has 16 heavy (non-hydrogen) atoms. The lowest BCUT2D eigenvalue weighted by atomic mass is 9.76. The molecule has 0 spiro atoms. The first kappa shape index (κ1) is 9.85. The van der Waals surface area contributed by atoms with Crippen molar-refractivity contribution < 1.29 is 8.81 Å². The highest BCUT2D eigenvalue weighted by Gasteiger charge is 2.47. The number of hydrogen-bond donors (Lipinski definition) is 1. The number of rotatable bonds is 1. The van der Waals surface area contributed by atoms with Gasteiger partial charge in [-0.2, -0.15) is 0 Å². The molecule has 3 rings (SSSR count). The fourth-order valence-electron chi connectivity index (χ4n) is 2.40. The van der Waals surface area contributed by atoms with Gasteiger partial charge in [0.05, 0.1) is 0 Å². The lowest BCUT2D eigenvalue weighted by molar-refractivity contribution is 0.0196. The standard InChI is InChI=1S/C13H14FNO/c1-8-3-2-4-9-5-11(16-12(8)9)13(14)6-10(15)7-13/h2-5,10H,6-7,15H2,1H3. The molecule has 84 valence electrons. The molecule has 3 heteroatoms. The highest BCUT2D eigenvalue weighted by Crippen LogP contribution is 2.46. The second-order valence-corrected chi connectivity index (χ2v) is 4.74. The minimum atomic E-state index is -1.34. The Morgan fingerprint density at radius 3 is 2.81 bits per heavy atom. The van der Waals surface area contributed by atoms with E-state index in [2.05, 4.69) is 0 Å². The highest BCUT2D eigenvalue weighted by atomic mass is 19.1. The van der Waals surface area contributed by atoms with Gasteiger partial charge in [0.2, 0.25) is 0 Å². The molecule has 1 aliphatic rings. The van der Waals surface area contributed by atoms with Gasteiger partial charge < -0.3 is 10.2 Å². The molecule has 0 amide bonds. The van der Waals surface area contributed by atoms with Crippen molar-refractivity contribution in [2.45, 2.75) is 31.5 Å². The third kappa shape index (κ3) is 1.28. The van der Waals surface area contributed by atoms with Crippen molar-refractivity contribution in [2.75, 3.05) is 0 Å². The van der Waals surface area contributed by atoms with E-state index in [0.717, 1.165) is 16.5 Å². The van der Waals surface area contributed by atoms with E-state index >= 15 is 0 Å². The Hall–Kier alpha value is -1.35. The first-order valence-electron chi connectivity index (χ1n) is 5.53. The van der Waals surface area contributed by atoms with Crippen molar-refractivity contribution in [1.82, 2.24) is 0 Å². The maximum Gasteiger partial charge on any atom is 0.171 e. The molecule has 0 radical (unpaired) electrons. The number of alkyl halides is 1. The second kappa shape index (κ2) is 3.08. The molecule has 0 atom stereocenters. The van der Waals surface area contributed by atoms with Gasteiger partial charge in [-0.3, -0.25) is 0 Å². The Balaban J connectivity index is 2.09. The zero-order valence-corrected chi connectivity index (χ0v) is 9.16. The van der Waals surface area contributed by atoms with Crippen LogP contribution < -0.4 is 5.73 Å². The molecular weight excluding hydrogens is 205 g/mol. The van der Waals surface area contributed by atoms with Crippen LogP contribution in [0.25, 0.3) is 11.0 Å². The van der Waals surface area contributed by atoms with Gasteiger partial charge in [-0.25, -0.2) is 4.39 Å². The molecule has 1 aromatic carbocycles. The topological polar surface area (TPSA) is 39.2 Å². The molecule has 1 saturated carbocycles. The van der Waals surface area contributed by atoms with E-state index in [0.29, 0.717) is 18.6 Å². The summed E-state index contributed by atoms with van der Waals surface area (Å²) >= 11 is 0. The lowest BCUT2D eigenvalue weighted by Gasteiger charge is -2.37. The van der Waals surface area contributed by atoms with E-state index in [-0.39, 0.29) is 6.04 Å². The Morgan fingerprint density at radius 2 is 2.19 bits per heavy atom. The summed E-state index contributed by atoms with van der Waals surface area (Å²) in [6.45, 7) is 1.97. The molecule has 0 unspecified atom stereocenters. The predicted molar refractivity (Wildman–Crippen MR) is 60.9 cm³/mol. The van der Waals surface area contributed by atoms with E-state index in [9.17, 15) is 4.39 Å². The van der Waals surface area contributed by atoms with Crippen LogP contribution >= 0.6 is 0 Å². The van der Waals surface area contributed by atoms with Crippen LogP contribution in [0.4, 0.5) is 4.39 Å². The van der Waals surface area contributed by atoms with Gasteiger partial charge in [0.25, 0.3) is 0 Å². The summed E-state index contributed by atoms with van der Waals surface area (Å²) in [5.74, 6) is 0.429. The van der Waals surface area contributed by atoms with Crippen molar-refractivity contribution in [3.05, 3.63) is 35.6 Å². The van der Waals surface area contributed by atoms with Gasteiger partial charge in [-0.1, -0.05) is 18.2 Å². The van der Waals surface area contributed by atoms with Crippen LogP contribution in [0.15, 0.2) is 28.7 Å². The Morgan fingerprint density at radius 1 is 1.44 bits per heavy atom. The summed E-state index contributed by atoms with van der Waals surface area (Å²) in [5.41, 5.74) is 6.12. The number of hydrogen-bond acceptors (Lipinski definition) is 2. The minimum Gasteiger partial charge on any atom is -0.457 e. The summed E-state index contributed by atoms with van der Waals surface area (Å²) in [4.78, 5) is 0. The number of nitrogens with two attached hydrogens (primary N) is 1. The average molecular weight is 219 g/mol. The number of para-hydroxylation sites is 1. The molecular formula is C13H14FNO. The third-order valence-corrected chi connectivity index (χ3v) is 3.35. The zero-order valence-electron chi connectivity index (χ0n) is 9.16. The lowest BCUT2D eigenvalue weighted by Crippen LogP contribution is -2.45. The first-order chi connectivity index (χ1) is 7.58. The number of fused-ring (bicyclic) bond motifs is 1. The number of aryl methyl sites for hydroxylation is 1. The molecule has 1 aliphatic carbocycles. The quantitative estimate of drug-likeness (QED) is 0.800. The van der Waals surface area contributed by atoms with E-state index in [1.165, 1.54) is 0 Å². The van der Waals surface area contributed by atoms with Gasteiger partial charge in [-0.05, 0) is 18.6 Å². The second-order valence-electron chi connectivity index (χ2n) is 4.74. The predicted octanol–water partition coefficient (Wildman–Crippen LogP) is 3.03. The Kier molecular flexibility index (Phi) is 1.89.